The molecule has 3 heterocycles. The summed E-state index contributed by atoms with van der Waals surface area (Å²) in [7, 11) is 0. The van der Waals surface area contributed by atoms with Crippen molar-refractivity contribution in [1.82, 2.24) is 9.80 Å². The van der Waals surface area contributed by atoms with Crippen LogP contribution in [0.5, 0.6) is 0 Å². The van der Waals surface area contributed by atoms with Crippen molar-refractivity contribution in [2.24, 2.45) is 11.7 Å². The Morgan fingerprint density at radius 3 is 2.88 bits per heavy atom. The Kier molecular flexibility index (Phi) is 2.87. The van der Waals surface area contributed by atoms with Gasteiger partial charge in [-0.3, -0.25) is 9.69 Å². The highest BCUT2D eigenvalue weighted by Crippen LogP contribution is 2.34. The van der Waals surface area contributed by atoms with Crippen LogP contribution in [0.4, 0.5) is 0 Å². The number of amides is 1. The zero-order valence-corrected chi connectivity index (χ0v) is 10.6. The molecule has 4 nitrogen and oxygen atoms in total. The molecule has 4 atom stereocenters. The number of fused-ring (bicyclic) bond motifs is 1. The van der Waals surface area contributed by atoms with Crippen molar-refractivity contribution < 1.29 is 4.79 Å². The Balaban J connectivity index is 1.73. The summed E-state index contributed by atoms with van der Waals surface area (Å²) in [4.78, 5) is 16.5. The van der Waals surface area contributed by atoms with E-state index >= 15 is 0 Å². The second-order valence-corrected chi connectivity index (χ2v) is 6.12. The first-order valence-corrected chi connectivity index (χ1v) is 6.94. The Labute approximate surface area is 103 Å². The third-order valence-corrected chi connectivity index (χ3v) is 4.64. The molecular formula is C13H23N3O. The summed E-state index contributed by atoms with van der Waals surface area (Å²) in [5.74, 6) is 1.04. The number of carbonyl (C=O) groups is 1. The summed E-state index contributed by atoms with van der Waals surface area (Å²) < 4.78 is 0. The zero-order chi connectivity index (χ0) is 12.0. The summed E-state index contributed by atoms with van der Waals surface area (Å²) in [5, 5.41) is 0. The lowest BCUT2D eigenvalue weighted by Gasteiger charge is -2.40. The molecular weight excluding hydrogens is 214 g/mol. The van der Waals surface area contributed by atoms with Crippen LogP contribution in [-0.4, -0.2) is 53.5 Å². The summed E-state index contributed by atoms with van der Waals surface area (Å²) in [6.07, 6.45) is 4.23. The van der Waals surface area contributed by atoms with Gasteiger partial charge in [-0.2, -0.15) is 0 Å². The maximum atomic E-state index is 11.9. The highest BCUT2D eigenvalue weighted by molar-refractivity contribution is 5.80. The van der Waals surface area contributed by atoms with Crippen LogP contribution in [0.25, 0.3) is 0 Å². The van der Waals surface area contributed by atoms with Gasteiger partial charge in [0, 0.05) is 44.2 Å². The lowest BCUT2D eigenvalue weighted by Crippen LogP contribution is -2.53. The zero-order valence-electron chi connectivity index (χ0n) is 10.6. The van der Waals surface area contributed by atoms with Gasteiger partial charge in [-0.05, 0) is 25.2 Å². The molecule has 0 spiro atoms. The molecule has 0 bridgehead atoms. The van der Waals surface area contributed by atoms with Crippen molar-refractivity contribution in [3.05, 3.63) is 0 Å². The standard InChI is InChI=1S/C13H23N3O/c1-9-5-10(14)8-15(7-9)12-6-13(17)16-4-2-3-11(12)16/h9-12H,2-8,14H2,1H3. The Bertz CT molecular complexity index is 310. The molecule has 0 aliphatic carbocycles. The van der Waals surface area contributed by atoms with Crippen molar-refractivity contribution in [2.45, 2.75) is 50.7 Å². The smallest absolute Gasteiger partial charge is 0.224 e. The van der Waals surface area contributed by atoms with Crippen molar-refractivity contribution in [3.8, 4) is 0 Å². The van der Waals surface area contributed by atoms with Gasteiger partial charge in [-0.15, -0.1) is 0 Å². The largest absolute Gasteiger partial charge is 0.338 e. The molecule has 3 rings (SSSR count). The summed E-state index contributed by atoms with van der Waals surface area (Å²) >= 11 is 0. The van der Waals surface area contributed by atoms with E-state index in [0.717, 1.165) is 32.5 Å². The van der Waals surface area contributed by atoms with Crippen LogP contribution in [0.15, 0.2) is 0 Å². The number of nitrogens with zero attached hydrogens (tertiary/aromatic N) is 2. The fraction of sp³-hybridized carbons (Fsp3) is 0.923. The van der Waals surface area contributed by atoms with Crippen LogP contribution >= 0.6 is 0 Å². The molecule has 4 heteroatoms. The van der Waals surface area contributed by atoms with E-state index in [1.807, 2.05) is 0 Å². The van der Waals surface area contributed by atoms with E-state index < -0.39 is 0 Å². The van der Waals surface area contributed by atoms with Crippen LogP contribution in [0.2, 0.25) is 0 Å². The second kappa shape index (κ2) is 4.25. The van der Waals surface area contributed by atoms with E-state index in [1.165, 1.54) is 12.8 Å². The van der Waals surface area contributed by atoms with E-state index in [-0.39, 0.29) is 0 Å². The first-order valence-electron chi connectivity index (χ1n) is 6.94. The number of rotatable bonds is 1. The van der Waals surface area contributed by atoms with Gasteiger partial charge < -0.3 is 10.6 Å². The fourth-order valence-corrected chi connectivity index (χ4v) is 4.02. The van der Waals surface area contributed by atoms with Gasteiger partial charge in [-0.25, -0.2) is 0 Å². The van der Waals surface area contributed by atoms with Crippen LogP contribution in [-0.2, 0) is 4.79 Å². The molecule has 2 N–H and O–H groups in total. The van der Waals surface area contributed by atoms with Crippen LogP contribution in [0.1, 0.15) is 32.6 Å². The van der Waals surface area contributed by atoms with Gasteiger partial charge in [0.05, 0.1) is 0 Å². The summed E-state index contributed by atoms with van der Waals surface area (Å²) in [6.45, 7) is 5.35. The quantitative estimate of drug-likeness (QED) is 0.719. The molecule has 3 fully saturated rings. The van der Waals surface area contributed by atoms with Crippen molar-refractivity contribution >= 4 is 5.91 Å². The molecule has 4 unspecified atom stereocenters. The molecule has 0 aromatic carbocycles. The third-order valence-electron chi connectivity index (χ3n) is 4.64. The lowest BCUT2D eigenvalue weighted by molar-refractivity contribution is -0.127. The first kappa shape index (κ1) is 11.5. The minimum absolute atomic E-state index is 0.296. The molecule has 3 aliphatic heterocycles. The number of hydrogen-bond acceptors (Lipinski definition) is 3. The maximum Gasteiger partial charge on any atom is 0.224 e. The van der Waals surface area contributed by atoms with Gasteiger partial charge in [0.1, 0.15) is 0 Å². The SMILES string of the molecule is CC1CC(N)CN(C2CC(=O)N3CCCC23)C1. The molecule has 17 heavy (non-hydrogen) atoms. The number of carbonyl (C=O) groups excluding carboxylic acids is 1. The Morgan fingerprint density at radius 1 is 1.29 bits per heavy atom. The topological polar surface area (TPSA) is 49.6 Å². The van der Waals surface area contributed by atoms with Gasteiger partial charge in [0.2, 0.25) is 5.91 Å². The molecule has 0 radical (unpaired) electrons. The number of hydrogen-bond donors (Lipinski definition) is 1. The van der Waals surface area contributed by atoms with Gasteiger partial charge >= 0.3 is 0 Å². The summed E-state index contributed by atoms with van der Waals surface area (Å²) in [6, 6.07) is 1.23. The van der Waals surface area contributed by atoms with Crippen LogP contribution in [0.3, 0.4) is 0 Å². The second-order valence-electron chi connectivity index (χ2n) is 6.12. The van der Waals surface area contributed by atoms with Crippen LogP contribution in [0, 0.1) is 5.92 Å². The van der Waals surface area contributed by atoms with E-state index in [1.54, 1.807) is 0 Å². The minimum atomic E-state index is 0.296. The summed E-state index contributed by atoms with van der Waals surface area (Å²) in [5.41, 5.74) is 6.11. The fourth-order valence-electron chi connectivity index (χ4n) is 4.02. The third kappa shape index (κ3) is 1.97. The Morgan fingerprint density at radius 2 is 2.12 bits per heavy atom. The molecule has 0 aromatic heterocycles. The molecule has 96 valence electrons. The van der Waals surface area contributed by atoms with Crippen molar-refractivity contribution in [3.63, 3.8) is 0 Å². The lowest BCUT2D eigenvalue weighted by atomic mass is 9.93. The van der Waals surface area contributed by atoms with Gasteiger partial charge in [-0.1, -0.05) is 6.92 Å². The number of likely N-dealkylation sites (tertiary alicyclic amines) is 1. The van der Waals surface area contributed by atoms with Crippen molar-refractivity contribution in [2.75, 3.05) is 19.6 Å². The molecule has 1 amide bonds. The van der Waals surface area contributed by atoms with Crippen LogP contribution < -0.4 is 5.73 Å². The van der Waals surface area contributed by atoms with Crippen molar-refractivity contribution in [1.29, 1.82) is 0 Å². The van der Waals surface area contributed by atoms with Gasteiger partial charge in [0.25, 0.3) is 0 Å². The van der Waals surface area contributed by atoms with Gasteiger partial charge in [0.15, 0.2) is 0 Å². The average Bonchev–Trinajstić information content (AvgIpc) is 2.81. The molecule has 0 saturated carbocycles. The maximum absolute atomic E-state index is 11.9. The molecule has 0 aromatic rings. The average molecular weight is 237 g/mol. The van der Waals surface area contributed by atoms with E-state index in [9.17, 15) is 4.79 Å². The molecule has 3 saturated heterocycles. The van der Waals surface area contributed by atoms with E-state index in [2.05, 4.69) is 16.7 Å². The first-order chi connectivity index (χ1) is 8.15. The Hall–Kier alpha value is -0.610. The van der Waals surface area contributed by atoms with E-state index in [0.29, 0.717) is 30.0 Å². The van der Waals surface area contributed by atoms with E-state index in [4.69, 9.17) is 5.73 Å². The number of piperidine rings is 1. The minimum Gasteiger partial charge on any atom is -0.338 e. The monoisotopic (exact) mass is 237 g/mol. The highest BCUT2D eigenvalue weighted by atomic mass is 16.2. The highest BCUT2D eigenvalue weighted by Gasteiger charge is 2.45. The predicted octanol–water partition coefficient (Wildman–Crippen LogP) is 0.419. The number of nitrogens with two attached hydrogens (primary N) is 1. The normalized spacial score (nSPS) is 43.2. The predicted molar refractivity (Wildman–Crippen MR) is 66.5 cm³/mol. The molecule has 3 aliphatic rings.